The third-order valence-electron chi connectivity index (χ3n) is 1.85. The maximum atomic E-state index is 4.24. The Morgan fingerprint density at radius 3 is 2.67 bits per heavy atom. The van der Waals surface area contributed by atoms with E-state index in [2.05, 4.69) is 41.7 Å². The van der Waals surface area contributed by atoms with Crippen molar-refractivity contribution >= 4 is 27.3 Å². The first-order valence-electron chi connectivity index (χ1n) is 4.00. The van der Waals surface area contributed by atoms with Gasteiger partial charge in [0.05, 0.1) is 11.2 Å². The second-order valence-electron chi connectivity index (χ2n) is 3.84. The molecule has 0 spiro atoms. The molecule has 3 heteroatoms. The number of hydrogen-bond acceptors (Lipinski definition) is 2. The van der Waals surface area contributed by atoms with E-state index in [1.807, 2.05) is 5.51 Å². The maximum Gasteiger partial charge on any atom is 0.0797 e. The maximum absolute atomic E-state index is 4.24. The SMILES string of the molecule is Cc1ncsc1CC(C)(C)CBr. The van der Waals surface area contributed by atoms with Crippen LogP contribution in [0.25, 0.3) is 0 Å². The van der Waals surface area contributed by atoms with E-state index in [4.69, 9.17) is 0 Å². The van der Waals surface area contributed by atoms with Crippen molar-refractivity contribution in [3.63, 3.8) is 0 Å². The summed E-state index contributed by atoms with van der Waals surface area (Å²) < 4.78 is 0. The summed E-state index contributed by atoms with van der Waals surface area (Å²) in [6.45, 7) is 6.61. The van der Waals surface area contributed by atoms with Gasteiger partial charge in [-0.1, -0.05) is 29.8 Å². The average Bonchev–Trinajstić information content (AvgIpc) is 2.36. The lowest BCUT2D eigenvalue weighted by atomic mass is 9.91. The molecule has 1 aromatic heterocycles. The molecule has 0 N–H and O–H groups in total. The summed E-state index contributed by atoms with van der Waals surface area (Å²) in [7, 11) is 0. The summed E-state index contributed by atoms with van der Waals surface area (Å²) in [5.74, 6) is 0. The van der Waals surface area contributed by atoms with Gasteiger partial charge < -0.3 is 0 Å². The van der Waals surface area contributed by atoms with Crippen molar-refractivity contribution < 1.29 is 0 Å². The van der Waals surface area contributed by atoms with Gasteiger partial charge in [0, 0.05) is 10.2 Å². The zero-order valence-electron chi connectivity index (χ0n) is 7.72. The highest BCUT2D eigenvalue weighted by Crippen LogP contribution is 2.27. The molecule has 0 fully saturated rings. The highest BCUT2D eigenvalue weighted by Gasteiger charge is 2.18. The first-order chi connectivity index (χ1) is 5.55. The minimum Gasteiger partial charge on any atom is -0.250 e. The van der Waals surface area contributed by atoms with E-state index in [0.717, 1.165) is 11.8 Å². The van der Waals surface area contributed by atoms with E-state index in [1.54, 1.807) is 11.3 Å². The van der Waals surface area contributed by atoms with Gasteiger partial charge in [-0.3, -0.25) is 0 Å². The van der Waals surface area contributed by atoms with Gasteiger partial charge in [-0.05, 0) is 18.8 Å². The lowest BCUT2D eigenvalue weighted by Gasteiger charge is -2.20. The number of nitrogens with zero attached hydrogens (tertiary/aromatic N) is 1. The first kappa shape index (κ1) is 10.2. The first-order valence-corrected chi connectivity index (χ1v) is 6.00. The van der Waals surface area contributed by atoms with E-state index < -0.39 is 0 Å². The van der Waals surface area contributed by atoms with Crippen LogP contribution in [0.1, 0.15) is 24.4 Å². The molecule has 0 aliphatic carbocycles. The summed E-state index contributed by atoms with van der Waals surface area (Å²) in [5, 5.41) is 1.04. The molecule has 1 nitrogen and oxygen atoms in total. The molecule has 1 heterocycles. The Balaban J connectivity index is 2.70. The lowest BCUT2D eigenvalue weighted by molar-refractivity contribution is 0.427. The molecular formula is C9H14BrNS. The van der Waals surface area contributed by atoms with E-state index in [9.17, 15) is 0 Å². The number of thiazole rings is 1. The summed E-state index contributed by atoms with van der Waals surface area (Å²) in [5.41, 5.74) is 3.46. The molecule has 0 amide bonds. The molecule has 0 radical (unpaired) electrons. The van der Waals surface area contributed by atoms with Crippen LogP contribution < -0.4 is 0 Å². The number of aryl methyl sites for hydroxylation is 1. The van der Waals surface area contributed by atoms with Gasteiger partial charge in [0.2, 0.25) is 0 Å². The van der Waals surface area contributed by atoms with Crippen molar-refractivity contribution in [3.8, 4) is 0 Å². The van der Waals surface area contributed by atoms with Gasteiger partial charge in [0.1, 0.15) is 0 Å². The molecule has 12 heavy (non-hydrogen) atoms. The molecule has 1 aromatic rings. The fraction of sp³-hybridized carbons (Fsp3) is 0.667. The molecule has 0 unspecified atom stereocenters. The quantitative estimate of drug-likeness (QED) is 0.747. The zero-order chi connectivity index (χ0) is 9.19. The van der Waals surface area contributed by atoms with Crippen molar-refractivity contribution in [2.75, 3.05) is 5.33 Å². The topological polar surface area (TPSA) is 12.9 Å². The van der Waals surface area contributed by atoms with Crippen LogP contribution in [0.3, 0.4) is 0 Å². The highest BCUT2D eigenvalue weighted by molar-refractivity contribution is 9.09. The van der Waals surface area contributed by atoms with Crippen LogP contribution >= 0.6 is 27.3 Å². The van der Waals surface area contributed by atoms with Gasteiger partial charge in [-0.15, -0.1) is 11.3 Å². The molecular weight excluding hydrogens is 234 g/mol. The fourth-order valence-electron chi connectivity index (χ4n) is 0.978. The van der Waals surface area contributed by atoms with E-state index in [0.29, 0.717) is 5.41 Å². The molecule has 0 aliphatic rings. The molecule has 0 aliphatic heterocycles. The van der Waals surface area contributed by atoms with Gasteiger partial charge in [0.25, 0.3) is 0 Å². The van der Waals surface area contributed by atoms with Crippen LogP contribution in [0.2, 0.25) is 0 Å². The standard InChI is InChI=1S/C9H14BrNS/c1-7-8(12-6-11-7)4-9(2,3)5-10/h6H,4-5H2,1-3H3. The Hall–Kier alpha value is 0.110. The van der Waals surface area contributed by atoms with Crippen LogP contribution in [0, 0.1) is 12.3 Å². The summed E-state index contributed by atoms with van der Waals surface area (Å²) >= 11 is 5.29. The van der Waals surface area contributed by atoms with Crippen molar-refractivity contribution in [1.29, 1.82) is 0 Å². The van der Waals surface area contributed by atoms with Gasteiger partial charge in [-0.2, -0.15) is 0 Å². The van der Waals surface area contributed by atoms with Gasteiger partial charge in [-0.25, -0.2) is 4.98 Å². The number of hydrogen-bond donors (Lipinski definition) is 0. The predicted octanol–water partition coefficient (Wildman–Crippen LogP) is 3.42. The molecule has 68 valence electrons. The van der Waals surface area contributed by atoms with Crippen LogP contribution in [-0.4, -0.2) is 10.3 Å². The normalized spacial score (nSPS) is 12.0. The van der Waals surface area contributed by atoms with E-state index >= 15 is 0 Å². The number of alkyl halides is 1. The van der Waals surface area contributed by atoms with Crippen LogP contribution in [0.4, 0.5) is 0 Å². The smallest absolute Gasteiger partial charge is 0.0797 e. The van der Waals surface area contributed by atoms with E-state index in [-0.39, 0.29) is 0 Å². The Kier molecular flexibility index (Phi) is 3.29. The molecule has 0 aromatic carbocycles. The molecule has 0 saturated heterocycles. The minimum atomic E-state index is 0.345. The molecule has 0 bridgehead atoms. The van der Waals surface area contributed by atoms with Crippen molar-refractivity contribution in [2.45, 2.75) is 27.2 Å². The van der Waals surface area contributed by atoms with Crippen molar-refractivity contribution in [1.82, 2.24) is 4.98 Å². The number of aromatic nitrogens is 1. The Bertz CT molecular complexity index is 255. The van der Waals surface area contributed by atoms with Crippen LogP contribution in [-0.2, 0) is 6.42 Å². The third kappa shape index (κ3) is 2.56. The Labute approximate surface area is 86.3 Å². The van der Waals surface area contributed by atoms with Crippen molar-refractivity contribution in [2.24, 2.45) is 5.41 Å². The molecule has 0 saturated carbocycles. The van der Waals surface area contributed by atoms with Crippen LogP contribution in [0.15, 0.2) is 5.51 Å². The fourth-order valence-corrected chi connectivity index (χ4v) is 2.21. The van der Waals surface area contributed by atoms with Gasteiger partial charge in [0.15, 0.2) is 0 Å². The molecule has 1 rings (SSSR count). The minimum absolute atomic E-state index is 0.345. The Morgan fingerprint density at radius 1 is 1.58 bits per heavy atom. The Morgan fingerprint density at radius 2 is 2.25 bits per heavy atom. The summed E-state index contributed by atoms with van der Waals surface area (Å²) in [6.07, 6.45) is 1.12. The zero-order valence-corrected chi connectivity index (χ0v) is 10.1. The second-order valence-corrected chi connectivity index (χ2v) is 5.34. The largest absolute Gasteiger partial charge is 0.250 e. The van der Waals surface area contributed by atoms with Crippen molar-refractivity contribution in [3.05, 3.63) is 16.1 Å². The lowest BCUT2D eigenvalue weighted by Crippen LogP contribution is -2.16. The highest BCUT2D eigenvalue weighted by atomic mass is 79.9. The predicted molar refractivity (Wildman–Crippen MR) is 58.1 cm³/mol. The summed E-state index contributed by atoms with van der Waals surface area (Å²) in [4.78, 5) is 5.65. The number of halogens is 1. The third-order valence-corrected chi connectivity index (χ3v) is 4.30. The monoisotopic (exact) mass is 247 g/mol. The summed E-state index contributed by atoms with van der Waals surface area (Å²) in [6, 6.07) is 0. The van der Waals surface area contributed by atoms with Gasteiger partial charge >= 0.3 is 0 Å². The number of rotatable bonds is 3. The van der Waals surface area contributed by atoms with Crippen LogP contribution in [0.5, 0.6) is 0 Å². The average molecular weight is 248 g/mol. The molecule has 0 atom stereocenters. The second kappa shape index (κ2) is 3.88. The van der Waals surface area contributed by atoms with E-state index in [1.165, 1.54) is 10.6 Å².